The van der Waals surface area contributed by atoms with Gasteiger partial charge in [-0.15, -0.1) is 0 Å². The molecule has 0 aromatic carbocycles. The van der Waals surface area contributed by atoms with E-state index in [-0.39, 0.29) is 0 Å². The van der Waals surface area contributed by atoms with Gasteiger partial charge in [-0.05, 0) is 31.6 Å². The van der Waals surface area contributed by atoms with Crippen molar-refractivity contribution in [2.75, 3.05) is 20.3 Å². The zero-order chi connectivity index (χ0) is 9.31. The van der Waals surface area contributed by atoms with Crippen LogP contribution < -0.4 is 5.32 Å². The third-order valence-corrected chi connectivity index (χ3v) is 3.41. The average Bonchev–Trinajstić information content (AvgIpc) is 2.94. The molecular weight excluding hydrogens is 162 g/mol. The lowest BCUT2D eigenvalue weighted by molar-refractivity contribution is 0.0746. The number of rotatable bonds is 6. The first kappa shape index (κ1) is 9.47. The van der Waals surface area contributed by atoms with E-state index in [4.69, 9.17) is 4.74 Å². The SMILES string of the molecule is COCC(C)(CNC1CC1)C1CC1. The third kappa shape index (κ3) is 2.44. The molecule has 0 aliphatic heterocycles. The Labute approximate surface area is 81.0 Å². The molecule has 13 heavy (non-hydrogen) atoms. The van der Waals surface area contributed by atoms with E-state index in [2.05, 4.69) is 12.2 Å². The van der Waals surface area contributed by atoms with Crippen LogP contribution in [0.1, 0.15) is 32.6 Å². The Kier molecular flexibility index (Phi) is 2.61. The van der Waals surface area contributed by atoms with Crippen LogP contribution in [-0.4, -0.2) is 26.3 Å². The largest absolute Gasteiger partial charge is 0.384 e. The van der Waals surface area contributed by atoms with Crippen LogP contribution in [-0.2, 0) is 4.74 Å². The van der Waals surface area contributed by atoms with Crippen LogP contribution in [0.5, 0.6) is 0 Å². The second kappa shape index (κ2) is 3.58. The monoisotopic (exact) mass is 183 g/mol. The minimum atomic E-state index is 0.400. The second-order valence-electron chi connectivity index (χ2n) is 5.02. The minimum Gasteiger partial charge on any atom is -0.384 e. The first-order valence-corrected chi connectivity index (χ1v) is 5.47. The number of methoxy groups -OCH3 is 1. The summed E-state index contributed by atoms with van der Waals surface area (Å²) in [5, 5.41) is 3.62. The molecule has 2 fully saturated rings. The van der Waals surface area contributed by atoms with Gasteiger partial charge in [0.25, 0.3) is 0 Å². The van der Waals surface area contributed by atoms with E-state index in [0.717, 1.165) is 25.1 Å². The minimum absolute atomic E-state index is 0.400. The van der Waals surface area contributed by atoms with E-state index in [1.807, 2.05) is 7.11 Å². The molecule has 2 nitrogen and oxygen atoms in total. The molecule has 0 bridgehead atoms. The van der Waals surface area contributed by atoms with Gasteiger partial charge in [-0.3, -0.25) is 0 Å². The van der Waals surface area contributed by atoms with Crippen molar-refractivity contribution in [2.45, 2.75) is 38.6 Å². The van der Waals surface area contributed by atoms with E-state index in [1.54, 1.807) is 0 Å². The Morgan fingerprint density at radius 2 is 2.00 bits per heavy atom. The molecule has 0 aromatic rings. The van der Waals surface area contributed by atoms with Crippen molar-refractivity contribution in [2.24, 2.45) is 11.3 Å². The highest BCUT2D eigenvalue weighted by Gasteiger charge is 2.42. The molecule has 0 amide bonds. The van der Waals surface area contributed by atoms with Gasteiger partial charge >= 0.3 is 0 Å². The number of hydrogen-bond acceptors (Lipinski definition) is 2. The van der Waals surface area contributed by atoms with Crippen LogP contribution in [0.4, 0.5) is 0 Å². The molecule has 2 saturated carbocycles. The molecule has 0 spiro atoms. The lowest BCUT2D eigenvalue weighted by atomic mass is 9.85. The van der Waals surface area contributed by atoms with Crippen LogP contribution in [0.2, 0.25) is 0 Å². The maximum Gasteiger partial charge on any atom is 0.0530 e. The fraction of sp³-hybridized carbons (Fsp3) is 1.00. The highest BCUT2D eigenvalue weighted by molar-refractivity contribution is 4.94. The molecule has 2 heteroatoms. The molecule has 0 saturated heterocycles. The molecular formula is C11H21NO. The van der Waals surface area contributed by atoms with Crippen molar-refractivity contribution in [1.29, 1.82) is 0 Å². The van der Waals surface area contributed by atoms with Gasteiger partial charge in [0, 0.05) is 25.1 Å². The normalized spacial score (nSPS) is 27.2. The fourth-order valence-electron chi connectivity index (χ4n) is 2.09. The van der Waals surface area contributed by atoms with E-state index in [1.165, 1.54) is 25.7 Å². The summed E-state index contributed by atoms with van der Waals surface area (Å²) >= 11 is 0. The van der Waals surface area contributed by atoms with Gasteiger partial charge in [0.2, 0.25) is 0 Å². The van der Waals surface area contributed by atoms with Crippen molar-refractivity contribution in [1.82, 2.24) is 5.32 Å². The Balaban J connectivity index is 1.79. The topological polar surface area (TPSA) is 21.3 Å². The van der Waals surface area contributed by atoms with Crippen LogP contribution in [0, 0.1) is 11.3 Å². The summed E-state index contributed by atoms with van der Waals surface area (Å²) in [6.45, 7) is 4.43. The van der Waals surface area contributed by atoms with E-state index in [9.17, 15) is 0 Å². The predicted molar refractivity (Wildman–Crippen MR) is 53.7 cm³/mol. The van der Waals surface area contributed by atoms with Gasteiger partial charge in [0.1, 0.15) is 0 Å². The first-order chi connectivity index (χ1) is 6.24. The zero-order valence-electron chi connectivity index (χ0n) is 8.81. The molecule has 1 N–H and O–H groups in total. The van der Waals surface area contributed by atoms with E-state index >= 15 is 0 Å². The van der Waals surface area contributed by atoms with E-state index in [0.29, 0.717) is 5.41 Å². The summed E-state index contributed by atoms with van der Waals surface area (Å²) < 4.78 is 5.32. The smallest absolute Gasteiger partial charge is 0.0530 e. The molecule has 76 valence electrons. The van der Waals surface area contributed by atoms with Crippen molar-refractivity contribution >= 4 is 0 Å². The summed E-state index contributed by atoms with van der Waals surface area (Å²) in [4.78, 5) is 0. The Morgan fingerprint density at radius 1 is 1.31 bits per heavy atom. The second-order valence-corrected chi connectivity index (χ2v) is 5.02. The van der Waals surface area contributed by atoms with Crippen molar-refractivity contribution < 1.29 is 4.74 Å². The van der Waals surface area contributed by atoms with Crippen LogP contribution in [0.3, 0.4) is 0 Å². The molecule has 1 atom stereocenters. The molecule has 2 aliphatic rings. The van der Waals surface area contributed by atoms with Gasteiger partial charge in [-0.1, -0.05) is 6.92 Å². The Bertz CT molecular complexity index is 175. The lowest BCUT2D eigenvalue weighted by Crippen LogP contribution is -2.38. The van der Waals surface area contributed by atoms with Crippen LogP contribution >= 0.6 is 0 Å². The molecule has 0 radical (unpaired) electrons. The van der Waals surface area contributed by atoms with Gasteiger partial charge in [-0.2, -0.15) is 0 Å². The molecule has 1 unspecified atom stereocenters. The molecule has 2 aliphatic carbocycles. The maximum absolute atomic E-state index is 5.32. The highest BCUT2D eigenvalue weighted by atomic mass is 16.5. The first-order valence-electron chi connectivity index (χ1n) is 5.47. The summed E-state index contributed by atoms with van der Waals surface area (Å²) in [7, 11) is 1.82. The molecule has 2 rings (SSSR count). The van der Waals surface area contributed by atoms with Crippen LogP contribution in [0.25, 0.3) is 0 Å². The highest BCUT2D eigenvalue weighted by Crippen LogP contribution is 2.45. The molecule has 0 aromatic heterocycles. The predicted octanol–water partition coefficient (Wildman–Crippen LogP) is 1.80. The van der Waals surface area contributed by atoms with Gasteiger partial charge in [0.05, 0.1) is 6.61 Å². The summed E-state index contributed by atoms with van der Waals surface area (Å²) in [5.41, 5.74) is 0.400. The Hall–Kier alpha value is -0.0800. The van der Waals surface area contributed by atoms with Crippen molar-refractivity contribution in [3.05, 3.63) is 0 Å². The fourth-order valence-corrected chi connectivity index (χ4v) is 2.09. The summed E-state index contributed by atoms with van der Waals surface area (Å²) in [5.74, 6) is 0.915. The summed E-state index contributed by atoms with van der Waals surface area (Å²) in [6, 6.07) is 0.829. The maximum atomic E-state index is 5.32. The number of hydrogen-bond donors (Lipinski definition) is 1. The van der Waals surface area contributed by atoms with E-state index < -0.39 is 0 Å². The van der Waals surface area contributed by atoms with Crippen LogP contribution in [0.15, 0.2) is 0 Å². The number of ether oxygens (including phenoxy) is 1. The standard InChI is InChI=1S/C11H21NO/c1-11(8-13-2,9-3-4-9)7-12-10-5-6-10/h9-10,12H,3-8H2,1-2H3. The number of nitrogens with one attached hydrogen (secondary N) is 1. The van der Waals surface area contributed by atoms with Crippen molar-refractivity contribution in [3.63, 3.8) is 0 Å². The lowest BCUT2D eigenvalue weighted by Gasteiger charge is -2.29. The third-order valence-electron chi connectivity index (χ3n) is 3.41. The molecule has 0 heterocycles. The Morgan fingerprint density at radius 3 is 2.46 bits per heavy atom. The summed E-state index contributed by atoms with van der Waals surface area (Å²) in [6.07, 6.45) is 5.58. The average molecular weight is 183 g/mol. The van der Waals surface area contributed by atoms with Gasteiger partial charge < -0.3 is 10.1 Å². The van der Waals surface area contributed by atoms with Gasteiger partial charge in [-0.25, -0.2) is 0 Å². The van der Waals surface area contributed by atoms with Gasteiger partial charge in [0.15, 0.2) is 0 Å². The quantitative estimate of drug-likeness (QED) is 0.678. The zero-order valence-corrected chi connectivity index (χ0v) is 8.81. The van der Waals surface area contributed by atoms with Crippen molar-refractivity contribution in [3.8, 4) is 0 Å².